The first-order valence-electron chi connectivity index (χ1n) is 9.10. The Labute approximate surface area is 172 Å². The van der Waals surface area contributed by atoms with Crippen molar-refractivity contribution in [1.29, 1.82) is 0 Å². The average molecular weight is 426 g/mol. The summed E-state index contributed by atoms with van der Waals surface area (Å²) in [5.41, 5.74) is 2.31. The summed E-state index contributed by atoms with van der Waals surface area (Å²) in [5, 5.41) is 3.88. The number of nitrogens with zero attached hydrogens (tertiary/aromatic N) is 3. The molecule has 10 heteroatoms. The van der Waals surface area contributed by atoms with Crippen molar-refractivity contribution in [3.63, 3.8) is 0 Å². The molecule has 0 bridgehead atoms. The number of amidine groups is 1. The molecule has 154 valence electrons. The van der Waals surface area contributed by atoms with Crippen LogP contribution in [0.1, 0.15) is 23.9 Å². The number of ether oxygens (including phenoxy) is 1. The second kappa shape index (κ2) is 7.71. The molecule has 0 saturated heterocycles. The number of hydrogen-bond donors (Lipinski definition) is 1. The van der Waals surface area contributed by atoms with E-state index in [-0.39, 0.29) is 23.2 Å². The number of aromatic nitrogens is 2. The van der Waals surface area contributed by atoms with E-state index in [0.29, 0.717) is 11.4 Å². The van der Waals surface area contributed by atoms with Gasteiger partial charge >= 0.3 is 5.97 Å². The maximum atomic E-state index is 12.3. The van der Waals surface area contributed by atoms with Crippen LogP contribution in [0.5, 0.6) is 0 Å². The zero-order valence-electron chi connectivity index (χ0n) is 16.2. The fourth-order valence-electron chi connectivity index (χ4n) is 2.86. The number of carbonyl (C=O) groups is 1. The van der Waals surface area contributed by atoms with E-state index in [1.54, 1.807) is 18.2 Å². The molecule has 1 aromatic heterocycles. The molecule has 0 radical (unpaired) electrons. The van der Waals surface area contributed by atoms with Crippen LogP contribution in [0.3, 0.4) is 0 Å². The zero-order valence-corrected chi connectivity index (χ0v) is 17.0. The standard InChI is InChI=1S/C20H18N4O5S/c1-12-7-9-14(10-8-12)18-22-17(29-23-18)11-28-20(25)13(2)21-19-15-5-3-4-6-16(15)30(26,27)24-19/h3-10,13H,11H2,1-2H3,(H,21,24)/t13-/m0/s1. The lowest BCUT2D eigenvalue weighted by atomic mass is 10.1. The number of nitrogens with one attached hydrogen (secondary N) is 1. The number of benzene rings is 2. The van der Waals surface area contributed by atoms with Gasteiger partial charge in [0.05, 0.1) is 4.90 Å². The van der Waals surface area contributed by atoms with Gasteiger partial charge in [-0.25, -0.2) is 13.2 Å². The number of fused-ring (bicyclic) bond motifs is 1. The number of rotatable bonds is 5. The van der Waals surface area contributed by atoms with Gasteiger partial charge in [-0.05, 0) is 26.0 Å². The van der Waals surface area contributed by atoms with Gasteiger partial charge in [0.15, 0.2) is 6.61 Å². The van der Waals surface area contributed by atoms with E-state index >= 15 is 0 Å². The molecule has 0 unspecified atom stereocenters. The Hall–Kier alpha value is -3.53. The fraction of sp³-hybridized carbons (Fsp3) is 0.200. The first-order chi connectivity index (χ1) is 14.3. The molecular formula is C20H18N4O5S. The monoisotopic (exact) mass is 426 g/mol. The molecule has 2 aromatic carbocycles. The molecule has 1 atom stereocenters. The molecule has 1 aliphatic rings. The van der Waals surface area contributed by atoms with Gasteiger partial charge < -0.3 is 9.26 Å². The smallest absolute Gasteiger partial charge is 0.331 e. The SMILES string of the molecule is Cc1ccc(-c2noc(COC(=O)[C@H](C)N=C3NS(=O)(=O)c4ccccc43)n2)cc1. The minimum atomic E-state index is -3.67. The largest absolute Gasteiger partial charge is 0.454 e. The lowest BCUT2D eigenvalue weighted by molar-refractivity contribution is -0.146. The van der Waals surface area contributed by atoms with Crippen LogP contribution in [0.15, 0.2) is 62.9 Å². The molecule has 3 aromatic rings. The topological polar surface area (TPSA) is 124 Å². The molecule has 30 heavy (non-hydrogen) atoms. The Morgan fingerprint density at radius 2 is 1.93 bits per heavy atom. The highest BCUT2D eigenvalue weighted by Gasteiger charge is 2.31. The lowest BCUT2D eigenvalue weighted by Crippen LogP contribution is -2.26. The highest BCUT2D eigenvalue weighted by molar-refractivity contribution is 7.90. The van der Waals surface area contributed by atoms with Crippen molar-refractivity contribution in [3.05, 3.63) is 65.5 Å². The summed E-state index contributed by atoms with van der Waals surface area (Å²) < 4.78 is 36.9. The average Bonchev–Trinajstić information content (AvgIpc) is 3.30. The second-order valence-electron chi connectivity index (χ2n) is 6.74. The highest BCUT2D eigenvalue weighted by atomic mass is 32.2. The first kappa shape index (κ1) is 19.8. The van der Waals surface area contributed by atoms with E-state index in [4.69, 9.17) is 9.26 Å². The van der Waals surface area contributed by atoms with Crippen molar-refractivity contribution in [2.24, 2.45) is 4.99 Å². The molecule has 9 nitrogen and oxygen atoms in total. The van der Waals surface area contributed by atoms with E-state index in [9.17, 15) is 13.2 Å². The Balaban J connectivity index is 1.42. The number of carbonyl (C=O) groups excluding carboxylic acids is 1. The molecule has 0 aliphatic carbocycles. The maximum absolute atomic E-state index is 12.3. The third kappa shape index (κ3) is 3.94. The summed E-state index contributed by atoms with van der Waals surface area (Å²) in [4.78, 5) is 20.8. The highest BCUT2D eigenvalue weighted by Crippen LogP contribution is 2.23. The molecular weight excluding hydrogens is 408 g/mol. The van der Waals surface area contributed by atoms with Gasteiger partial charge in [0.25, 0.3) is 15.9 Å². The van der Waals surface area contributed by atoms with Crippen LogP contribution in [-0.4, -0.2) is 36.4 Å². The molecule has 4 rings (SSSR count). The number of sulfonamides is 1. The van der Waals surface area contributed by atoms with Gasteiger partial charge in [-0.15, -0.1) is 0 Å². The zero-order chi connectivity index (χ0) is 21.3. The molecule has 0 saturated carbocycles. The van der Waals surface area contributed by atoms with Crippen molar-refractivity contribution in [2.75, 3.05) is 0 Å². The number of aliphatic imine (C=N–C) groups is 1. The predicted molar refractivity (Wildman–Crippen MR) is 107 cm³/mol. The quantitative estimate of drug-likeness (QED) is 0.620. The fourth-order valence-corrected chi connectivity index (χ4v) is 4.10. The Bertz CT molecular complexity index is 1230. The molecule has 0 fully saturated rings. The Morgan fingerprint density at radius 1 is 1.20 bits per heavy atom. The van der Waals surface area contributed by atoms with Gasteiger partial charge in [-0.2, -0.15) is 4.98 Å². The van der Waals surface area contributed by atoms with Crippen molar-refractivity contribution >= 4 is 21.8 Å². The Morgan fingerprint density at radius 3 is 2.70 bits per heavy atom. The van der Waals surface area contributed by atoms with Crippen molar-refractivity contribution in [1.82, 2.24) is 14.9 Å². The van der Waals surface area contributed by atoms with Crippen LogP contribution in [0, 0.1) is 6.92 Å². The molecule has 2 heterocycles. The summed E-state index contributed by atoms with van der Waals surface area (Å²) >= 11 is 0. The van der Waals surface area contributed by atoms with Crippen LogP contribution < -0.4 is 4.72 Å². The van der Waals surface area contributed by atoms with Gasteiger partial charge in [-0.3, -0.25) is 9.71 Å². The second-order valence-corrected chi connectivity index (χ2v) is 8.39. The summed E-state index contributed by atoms with van der Waals surface area (Å²) in [6.45, 7) is 3.27. The predicted octanol–water partition coefficient (Wildman–Crippen LogP) is 2.22. The van der Waals surface area contributed by atoms with Crippen LogP contribution in [0.25, 0.3) is 11.4 Å². The van der Waals surface area contributed by atoms with E-state index in [0.717, 1.165) is 11.1 Å². The lowest BCUT2D eigenvalue weighted by Gasteiger charge is -2.07. The maximum Gasteiger partial charge on any atom is 0.331 e. The summed E-state index contributed by atoms with van der Waals surface area (Å²) in [6.07, 6.45) is 0. The van der Waals surface area contributed by atoms with Crippen LogP contribution in [0.4, 0.5) is 0 Å². The van der Waals surface area contributed by atoms with Gasteiger partial charge in [-0.1, -0.05) is 47.1 Å². The van der Waals surface area contributed by atoms with Crippen LogP contribution >= 0.6 is 0 Å². The number of hydrogen-bond acceptors (Lipinski definition) is 8. The van der Waals surface area contributed by atoms with Gasteiger partial charge in [0, 0.05) is 11.1 Å². The van der Waals surface area contributed by atoms with Crippen molar-refractivity contribution < 1.29 is 22.5 Å². The van der Waals surface area contributed by atoms with Gasteiger partial charge in [0.2, 0.25) is 5.82 Å². The molecule has 1 aliphatic heterocycles. The van der Waals surface area contributed by atoms with E-state index < -0.39 is 22.0 Å². The van der Waals surface area contributed by atoms with E-state index in [1.807, 2.05) is 31.2 Å². The molecule has 0 amide bonds. The van der Waals surface area contributed by atoms with Crippen LogP contribution in [0.2, 0.25) is 0 Å². The van der Waals surface area contributed by atoms with Crippen molar-refractivity contribution in [2.45, 2.75) is 31.4 Å². The van der Waals surface area contributed by atoms with Gasteiger partial charge in [0.1, 0.15) is 11.9 Å². The minimum Gasteiger partial charge on any atom is -0.454 e. The van der Waals surface area contributed by atoms with E-state index in [2.05, 4.69) is 19.9 Å². The first-order valence-corrected chi connectivity index (χ1v) is 10.6. The number of esters is 1. The summed E-state index contributed by atoms with van der Waals surface area (Å²) in [6, 6.07) is 13.1. The summed E-state index contributed by atoms with van der Waals surface area (Å²) in [7, 11) is -3.67. The van der Waals surface area contributed by atoms with E-state index in [1.165, 1.54) is 13.0 Å². The minimum absolute atomic E-state index is 0.106. The third-order valence-corrected chi connectivity index (χ3v) is 5.84. The van der Waals surface area contributed by atoms with Crippen LogP contribution in [-0.2, 0) is 26.2 Å². The normalized spacial score (nSPS) is 16.7. The summed E-state index contributed by atoms with van der Waals surface area (Å²) in [5.74, 6) is -0.00679. The molecule has 1 N–H and O–H groups in total. The van der Waals surface area contributed by atoms with Crippen molar-refractivity contribution in [3.8, 4) is 11.4 Å². The Kier molecular flexibility index (Phi) is 5.08. The molecule has 0 spiro atoms. The third-order valence-electron chi connectivity index (χ3n) is 4.44. The number of aryl methyl sites for hydroxylation is 1.